The maximum atomic E-state index is 13.4. The number of halogens is 3. The van der Waals surface area contributed by atoms with Gasteiger partial charge in [0, 0.05) is 20.3 Å². The van der Waals surface area contributed by atoms with Crippen LogP contribution in [0.4, 0.5) is 24.7 Å². The quantitative estimate of drug-likeness (QED) is 0.430. The zero-order valence-corrected chi connectivity index (χ0v) is 17.1. The largest absolute Gasteiger partial charge is 0.489 e. The van der Waals surface area contributed by atoms with E-state index < -0.39 is 17.8 Å². The van der Waals surface area contributed by atoms with Gasteiger partial charge in [-0.1, -0.05) is 0 Å². The first-order chi connectivity index (χ1) is 13.5. The fourth-order valence-corrected chi connectivity index (χ4v) is 2.50. The number of thiocarbonyl (C=S) groups is 1. The van der Waals surface area contributed by atoms with Gasteiger partial charge in [0.1, 0.15) is 17.0 Å². The summed E-state index contributed by atoms with van der Waals surface area (Å²) in [7, 11) is 3.65. The summed E-state index contributed by atoms with van der Waals surface area (Å²) in [6.07, 6.45) is -2.55. The highest BCUT2D eigenvalue weighted by molar-refractivity contribution is 7.80. The van der Waals surface area contributed by atoms with Gasteiger partial charge in [-0.15, -0.1) is 0 Å². The van der Waals surface area contributed by atoms with E-state index >= 15 is 0 Å². The number of nitrogens with one attached hydrogen (secondary N) is 1. The van der Waals surface area contributed by atoms with Crippen LogP contribution >= 0.6 is 12.2 Å². The van der Waals surface area contributed by atoms with Crippen molar-refractivity contribution in [1.82, 2.24) is 9.97 Å². The van der Waals surface area contributed by atoms with Crippen LogP contribution in [0.15, 0.2) is 35.6 Å². The van der Waals surface area contributed by atoms with Gasteiger partial charge in [0.2, 0.25) is 0 Å². The molecule has 0 bridgehead atoms. The summed E-state index contributed by atoms with van der Waals surface area (Å²) in [6.45, 7) is 3.24. The number of nitrogens with zero attached hydrogens (tertiary/aromatic N) is 4. The van der Waals surface area contributed by atoms with Gasteiger partial charge in [0.25, 0.3) is 0 Å². The topological polar surface area (TPSA) is 88.7 Å². The Morgan fingerprint density at radius 1 is 1.31 bits per heavy atom. The Morgan fingerprint density at radius 3 is 2.59 bits per heavy atom. The molecule has 0 aliphatic heterocycles. The molecule has 0 amide bonds. The predicted molar refractivity (Wildman–Crippen MR) is 111 cm³/mol. The van der Waals surface area contributed by atoms with E-state index in [1.807, 2.05) is 25.1 Å². The van der Waals surface area contributed by atoms with E-state index in [0.717, 1.165) is 18.0 Å². The summed E-state index contributed by atoms with van der Waals surface area (Å²) in [5, 5.41) is 2.74. The Kier molecular flexibility index (Phi) is 6.96. The number of nitrogens with two attached hydrogens (primary N) is 1. The van der Waals surface area contributed by atoms with Crippen molar-refractivity contribution in [2.45, 2.75) is 26.1 Å². The van der Waals surface area contributed by atoms with Crippen molar-refractivity contribution in [2.75, 3.05) is 24.3 Å². The molecule has 0 atom stereocenters. The molecule has 3 N–H and O–H groups in total. The molecule has 2 heterocycles. The Labute approximate surface area is 171 Å². The fourth-order valence-electron chi connectivity index (χ4n) is 2.30. The van der Waals surface area contributed by atoms with Crippen molar-refractivity contribution < 1.29 is 17.9 Å². The highest BCUT2D eigenvalue weighted by Gasteiger charge is 2.35. The maximum absolute atomic E-state index is 13.4. The Bertz CT molecular complexity index is 915. The van der Waals surface area contributed by atoms with Crippen LogP contribution in [0.1, 0.15) is 25.1 Å². The van der Waals surface area contributed by atoms with Crippen LogP contribution in [0.5, 0.6) is 5.75 Å². The second-order valence-corrected chi connectivity index (χ2v) is 6.81. The zero-order valence-electron chi connectivity index (χ0n) is 16.3. The summed E-state index contributed by atoms with van der Waals surface area (Å²) in [5.41, 5.74) is 5.41. The Morgan fingerprint density at radius 2 is 2.00 bits per heavy atom. The van der Waals surface area contributed by atoms with Crippen LogP contribution in [0, 0.1) is 0 Å². The third-order valence-corrected chi connectivity index (χ3v) is 3.71. The lowest BCUT2D eigenvalue weighted by molar-refractivity contribution is -0.139. The lowest BCUT2D eigenvalue weighted by Gasteiger charge is -2.17. The summed E-state index contributed by atoms with van der Waals surface area (Å²) in [6, 6.07) is 4.35. The van der Waals surface area contributed by atoms with Crippen LogP contribution in [0.2, 0.25) is 0 Å². The molecule has 0 aromatic carbocycles. The molecule has 0 saturated heterocycles. The number of hydrogen-bond donors (Lipinski definition) is 2. The molecule has 0 fully saturated rings. The second kappa shape index (κ2) is 9.03. The Balaban J connectivity index is 2.30. The standard InChI is InChI=1S/C18H21F3N6OS/c1-10(2)28-14-9-24-12(8-11(14)18(19,20)21)15(22)25-17(29)26-16-13(27(3)4)6-5-7-23-16/h5-10H,1-4H3,(H3,22,23,25,26,29). The summed E-state index contributed by atoms with van der Waals surface area (Å²) < 4.78 is 45.3. The summed E-state index contributed by atoms with van der Waals surface area (Å²) in [4.78, 5) is 13.9. The van der Waals surface area contributed by atoms with Crippen LogP contribution in [-0.2, 0) is 6.18 Å². The second-order valence-electron chi connectivity index (χ2n) is 6.42. The number of aromatic nitrogens is 2. The average Bonchev–Trinajstić information content (AvgIpc) is 2.60. The monoisotopic (exact) mass is 426 g/mol. The van der Waals surface area contributed by atoms with Crippen LogP contribution in [-0.4, -0.2) is 41.1 Å². The van der Waals surface area contributed by atoms with E-state index in [1.165, 1.54) is 0 Å². The number of anilines is 2. The smallest absolute Gasteiger partial charge is 0.420 e. The van der Waals surface area contributed by atoms with E-state index in [9.17, 15) is 13.2 Å². The molecule has 0 aliphatic rings. The first-order valence-electron chi connectivity index (χ1n) is 8.50. The van der Waals surface area contributed by atoms with Gasteiger partial charge in [-0.05, 0) is 44.3 Å². The first-order valence-corrected chi connectivity index (χ1v) is 8.91. The molecule has 0 unspecified atom stereocenters. The molecular weight excluding hydrogens is 405 g/mol. The minimum atomic E-state index is -4.64. The Hall–Kier alpha value is -2.95. The number of aliphatic imine (C=N–C) groups is 1. The van der Waals surface area contributed by atoms with E-state index in [-0.39, 0.29) is 22.4 Å². The molecular formula is C18H21F3N6OS. The van der Waals surface area contributed by atoms with Crippen molar-refractivity contribution >= 4 is 34.7 Å². The number of amidine groups is 1. The summed E-state index contributed by atoms with van der Waals surface area (Å²) >= 11 is 5.14. The first kappa shape index (κ1) is 22.3. The van der Waals surface area contributed by atoms with Crippen LogP contribution in [0.25, 0.3) is 0 Å². The number of hydrogen-bond acceptors (Lipinski definition) is 5. The number of pyridine rings is 2. The molecule has 0 radical (unpaired) electrons. The highest BCUT2D eigenvalue weighted by Crippen LogP contribution is 2.36. The lowest BCUT2D eigenvalue weighted by Crippen LogP contribution is -2.22. The van der Waals surface area contributed by atoms with Crippen LogP contribution < -0.4 is 20.7 Å². The number of alkyl halides is 3. The number of ether oxygens (including phenoxy) is 1. The fraction of sp³-hybridized carbons (Fsp3) is 0.333. The molecule has 7 nitrogen and oxygen atoms in total. The maximum Gasteiger partial charge on any atom is 0.420 e. The molecule has 0 aliphatic carbocycles. The molecule has 0 spiro atoms. The molecule has 2 aromatic heterocycles. The van der Waals surface area contributed by atoms with E-state index in [2.05, 4.69) is 20.3 Å². The number of rotatable bonds is 5. The molecule has 156 valence electrons. The van der Waals surface area contributed by atoms with Gasteiger partial charge in [0.05, 0.1) is 18.0 Å². The van der Waals surface area contributed by atoms with E-state index in [0.29, 0.717) is 5.82 Å². The van der Waals surface area contributed by atoms with Gasteiger partial charge in [-0.2, -0.15) is 13.2 Å². The third kappa shape index (κ3) is 6.01. The van der Waals surface area contributed by atoms with Gasteiger partial charge < -0.3 is 20.7 Å². The van der Waals surface area contributed by atoms with Gasteiger partial charge >= 0.3 is 6.18 Å². The van der Waals surface area contributed by atoms with E-state index in [1.54, 1.807) is 26.1 Å². The van der Waals surface area contributed by atoms with Crippen molar-refractivity contribution in [3.05, 3.63) is 41.9 Å². The van der Waals surface area contributed by atoms with Crippen LogP contribution in [0.3, 0.4) is 0 Å². The predicted octanol–water partition coefficient (Wildman–Crippen LogP) is 3.45. The van der Waals surface area contributed by atoms with Gasteiger partial charge in [-0.3, -0.25) is 0 Å². The van der Waals surface area contributed by atoms with Crippen molar-refractivity contribution in [3.63, 3.8) is 0 Å². The minimum Gasteiger partial charge on any atom is -0.489 e. The van der Waals surface area contributed by atoms with E-state index in [4.69, 9.17) is 22.7 Å². The highest BCUT2D eigenvalue weighted by atomic mass is 32.1. The average molecular weight is 426 g/mol. The minimum absolute atomic E-state index is 0.0674. The van der Waals surface area contributed by atoms with Gasteiger partial charge in [-0.25, -0.2) is 15.0 Å². The van der Waals surface area contributed by atoms with Crippen molar-refractivity contribution in [1.29, 1.82) is 0 Å². The normalized spacial score (nSPS) is 12.1. The van der Waals surface area contributed by atoms with Crippen molar-refractivity contribution in [2.24, 2.45) is 10.7 Å². The lowest BCUT2D eigenvalue weighted by atomic mass is 10.2. The van der Waals surface area contributed by atoms with Gasteiger partial charge in [0.15, 0.2) is 16.8 Å². The summed E-state index contributed by atoms with van der Waals surface area (Å²) in [5.74, 6) is -0.219. The molecule has 11 heteroatoms. The SMILES string of the molecule is CC(C)Oc1cnc(/C(N)=N/C(=S)Nc2ncccc2N(C)C)cc1C(F)(F)F. The molecule has 2 rings (SSSR count). The van der Waals surface area contributed by atoms with Crippen molar-refractivity contribution in [3.8, 4) is 5.75 Å². The molecule has 0 saturated carbocycles. The molecule has 2 aromatic rings. The molecule has 29 heavy (non-hydrogen) atoms. The third-order valence-electron chi connectivity index (χ3n) is 3.51. The zero-order chi connectivity index (χ0) is 21.8.